The summed E-state index contributed by atoms with van der Waals surface area (Å²) in [5.74, 6) is -0.0248. The second kappa shape index (κ2) is 13.7. The van der Waals surface area contributed by atoms with E-state index in [-0.39, 0.29) is 57.2 Å². The predicted octanol–water partition coefficient (Wildman–Crippen LogP) is 6.26. The number of carbonyl (C=O) groups excluding carboxylic acids is 2. The van der Waals surface area contributed by atoms with Crippen LogP contribution in [0.15, 0.2) is 67.5 Å². The van der Waals surface area contributed by atoms with Crippen molar-refractivity contribution in [2.75, 3.05) is 31.0 Å². The molecule has 7 fully saturated rings. The van der Waals surface area contributed by atoms with Crippen LogP contribution < -0.4 is 24.8 Å². The van der Waals surface area contributed by atoms with E-state index in [4.69, 9.17) is 43.6 Å². The Morgan fingerprint density at radius 2 is 1.47 bits per heavy atom. The lowest BCUT2D eigenvalue weighted by Gasteiger charge is -2.41. The van der Waals surface area contributed by atoms with Crippen LogP contribution >= 0.6 is 0 Å². The summed E-state index contributed by atoms with van der Waals surface area (Å²) in [6.07, 6.45) is 15.2. The fourth-order valence-electron chi connectivity index (χ4n) is 10.6. The highest BCUT2D eigenvalue weighted by molar-refractivity contribution is 6.09. The van der Waals surface area contributed by atoms with E-state index in [0.29, 0.717) is 53.2 Å². The summed E-state index contributed by atoms with van der Waals surface area (Å²) in [7, 11) is 1.51. The number of nitrogens with one attached hydrogen (secondary N) is 2. The summed E-state index contributed by atoms with van der Waals surface area (Å²) in [6.45, 7) is 7.26. The number of pyridine rings is 1. The van der Waals surface area contributed by atoms with Gasteiger partial charge in [0.25, 0.3) is 11.8 Å². The molecule has 1 unspecified atom stereocenters. The molecule has 4 bridgehead atoms. The summed E-state index contributed by atoms with van der Waals surface area (Å²) in [4.78, 5) is 47.8. The maximum atomic E-state index is 15.0. The van der Waals surface area contributed by atoms with E-state index in [1.54, 1.807) is 29.1 Å². The quantitative estimate of drug-likeness (QED) is 0.133. The SMILES string of the molecule is COc1cccc(CC(C)Oc2nc3nc(C45COC(C)(C4)C5)cn3cc2NC(=O)c2cnn3cccc(F)c23)c1C(=O)Nc1cn2cc(C34COC(C)(C3)C4)nc2nc1OC1CC1. The normalized spacial score (nSPS) is 25.9. The molecule has 1 aromatic carbocycles. The largest absolute Gasteiger partial charge is 0.496 e. The molecule has 3 aliphatic carbocycles. The van der Waals surface area contributed by atoms with E-state index in [1.165, 1.54) is 30.0 Å². The number of halogens is 1. The lowest BCUT2D eigenvalue weighted by Crippen LogP contribution is -2.45. The van der Waals surface area contributed by atoms with Gasteiger partial charge in [0.05, 0.1) is 60.2 Å². The zero-order chi connectivity index (χ0) is 43.8. The standard InChI is InChI=1S/C46H45FN10O7/c1-25(63-39-30(49-37(58)28-14-48-57-12-6-8-29(47)36(28)57)15-55-17-33(51-41(55)53-39)45-19-43(2,20-45)61-23-45)13-26-7-5-9-32(60-4)35(26)38(59)50-31-16-56-18-34(46-21-44(3,22-46)62-24-46)52-42(56)54-40(31)64-27-10-11-27/h5-9,12,14-18,25,27H,10-11,13,19-24H2,1-4H3,(H,49,58)(H,50,59). The molecule has 6 aromatic heterocycles. The number of aromatic nitrogens is 8. The van der Waals surface area contributed by atoms with Crippen LogP contribution in [0.25, 0.3) is 17.1 Å². The molecule has 0 radical (unpaired) electrons. The Morgan fingerprint density at radius 3 is 2.08 bits per heavy atom. The lowest BCUT2D eigenvalue weighted by molar-refractivity contribution is 0.0151. The zero-order valence-corrected chi connectivity index (χ0v) is 35.7. The first-order valence-electron chi connectivity index (χ1n) is 21.6. The van der Waals surface area contributed by atoms with Crippen molar-refractivity contribution in [3.63, 3.8) is 0 Å². The Balaban J connectivity index is 0.845. The molecule has 4 aliphatic heterocycles. The highest BCUT2D eigenvalue weighted by Crippen LogP contribution is 2.59. The number of fused-ring (bicyclic) bond motifs is 5. The third-order valence-electron chi connectivity index (χ3n) is 13.6. The Labute approximate surface area is 365 Å². The summed E-state index contributed by atoms with van der Waals surface area (Å²) >= 11 is 0. The van der Waals surface area contributed by atoms with Gasteiger partial charge in [0.15, 0.2) is 0 Å². The summed E-state index contributed by atoms with van der Waals surface area (Å²) in [5, 5.41) is 10.1. The smallest absolute Gasteiger partial charge is 0.259 e. The van der Waals surface area contributed by atoms with E-state index in [1.807, 2.05) is 35.9 Å². The average Bonchev–Trinajstić information content (AvgIpc) is 3.88. The van der Waals surface area contributed by atoms with Gasteiger partial charge in [0.1, 0.15) is 40.7 Å². The number of rotatable bonds is 13. The molecule has 1 atom stereocenters. The van der Waals surface area contributed by atoms with E-state index in [9.17, 15) is 14.0 Å². The van der Waals surface area contributed by atoms with Gasteiger partial charge in [-0.15, -0.1) is 0 Å². The van der Waals surface area contributed by atoms with Crippen molar-refractivity contribution in [3.8, 4) is 17.5 Å². The molecule has 64 heavy (non-hydrogen) atoms. The maximum Gasteiger partial charge on any atom is 0.259 e. The first kappa shape index (κ1) is 39.0. The molecule has 7 aromatic rings. The number of hydrogen-bond donors (Lipinski definition) is 2. The van der Waals surface area contributed by atoms with E-state index < -0.39 is 23.7 Å². The molecular formula is C46H45FN10O7. The number of ether oxygens (including phenoxy) is 5. The number of hydrogen-bond acceptors (Lipinski definition) is 12. The van der Waals surface area contributed by atoms with Crippen LogP contribution in [0.5, 0.6) is 17.5 Å². The fourth-order valence-corrected chi connectivity index (χ4v) is 10.6. The van der Waals surface area contributed by atoms with Crippen LogP contribution in [0.3, 0.4) is 0 Å². The molecule has 17 nitrogen and oxygen atoms in total. The fraction of sp³-hybridized carbons (Fsp3) is 0.413. The maximum absolute atomic E-state index is 15.0. The minimum atomic E-state index is -0.606. The van der Waals surface area contributed by atoms with Gasteiger partial charge < -0.3 is 34.3 Å². The van der Waals surface area contributed by atoms with Gasteiger partial charge in [-0.2, -0.15) is 15.1 Å². The van der Waals surface area contributed by atoms with Gasteiger partial charge >= 0.3 is 0 Å². The van der Waals surface area contributed by atoms with Crippen molar-refractivity contribution in [1.29, 1.82) is 0 Å². The monoisotopic (exact) mass is 868 g/mol. The summed E-state index contributed by atoms with van der Waals surface area (Å²) < 4.78 is 50.5. The van der Waals surface area contributed by atoms with Gasteiger partial charge in [0, 0.05) is 48.2 Å². The number of methoxy groups -OCH3 is 1. The van der Waals surface area contributed by atoms with Gasteiger partial charge in [-0.05, 0) is 83.1 Å². The van der Waals surface area contributed by atoms with Crippen LogP contribution in [0.2, 0.25) is 0 Å². The number of benzene rings is 1. The highest BCUT2D eigenvalue weighted by atomic mass is 19.1. The number of imidazole rings is 2. The second-order valence-corrected chi connectivity index (χ2v) is 18.9. The van der Waals surface area contributed by atoms with Crippen LogP contribution in [0, 0.1) is 5.82 Å². The Bertz CT molecular complexity index is 3090. The van der Waals surface area contributed by atoms with Crippen LogP contribution in [0.4, 0.5) is 15.8 Å². The van der Waals surface area contributed by atoms with Gasteiger partial charge in [0.2, 0.25) is 23.3 Å². The van der Waals surface area contributed by atoms with Crippen LogP contribution in [-0.4, -0.2) is 93.9 Å². The van der Waals surface area contributed by atoms with E-state index in [0.717, 1.165) is 49.9 Å². The molecule has 2 amide bonds. The van der Waals surface area contributed by atoms with Gasteiger partial charge in [-0.25, -0.2) is 18.9 Å². The minimum absolute atomic E-state index is 0.0104. The molecule has 14 rings (SSSR count). The number of amides is 2. The van der Waals surface area contributed by atoms with E-state index in [2.05, 4.69) is 29.6 Å². The Morgan fingerprint density at radius 1 is 0.844 bits per heavy atom. The molecule has 2 N–H and O–H groups in total. The minimum Gasteiger partial charge on any atom is -0.496 e. The highest BCUT2D eigenvalue weighted by Gasteiger charge is 2.62. The molecule has 3 saturated carbocycles. The van der Waals surface area contributed by atoms with Gasteiger partial charge in [-0.1, -0.05) is 12.1 Å². The van der Waals surface area contributed by atoms with E-state index >= 15 is 0 Å². The lowest BCUT2D eigenvalue weighted by atomic mass is 9.62. The second-order valence-electron chi connectivity index (χ2n) is 18.9. The van der Waals surface area contributed by atoms with Crippen molar-refractivity contribution in [3.05, 3.63) is 101 Å². The number of anilines is 2. The van der Waals surface area contributed by atoms with Crippen molar-refractivity contribution in [1.82, 2.24) is 38.4 Å². The summed E-state index contributed by atoms with van der Waals surface area (Å²) in [5.41, 5.74) is 2.78. The van der Waals surface area contributed by atoms with Crippen molar-refractivity contribution >= 4 is 40.3 Å². The van der Waals surface area contributed by atoms with Crippen LogP contribution in [-0.2, 0) is 26.7 Å². The third-order valence-corrected chi connectivity index (χ3v) is 13.6. The molecule has 7 aliphatic rings. The Hall–Kier alpha value is -6.66. The number of nitrogens with zero attached hydrogens (tertiary/aromatic N) is 8. The Kier molecular flexibility index (Phi) is 8.33. The first-order chi connectivity index (χ1) is 30.8. The average molecular weight is 869 g/mol. The molecule has 18 heteroatoms. The summed E-state index contributed by atoms with van der Waals surface area (Å²) in [6, 6.07) is 8.17. The predicted molar refractivity (Wildman–Crippen MR) is 228 cm³/mol. The molecule has 328 valence electrons. The molecular weight excluding hydrogens is 824 g/mol. The molecule has 10 heterocycles. The van der Waals surface area contributed by atoms with Crippen molar-refractivity contribution in [2.45, 2.75) is 100.0 Å². The van der Waals surface area contributed by atoms with Crippen LogP contribution in [0.1, 0.15) is 97.0 Å². The number of carbonyl (C=O) groups is 2. The topological polar surface area (TPSA) is 182 Å². The molecule has 4 saturated heterocycles. The molecule has 0 spiro atoms. The van der Waals surface area contributed by atoms with Crippen molar-refractivity contribution in [2.24, 2.45) is 0 Å². The first-order valence-corrected chi connectivity index (χ1v) is 21.6. The zero-order valence-electron chi connectivity index (χ0n) is 35.7. The van der Waals surface area contributed by atoms with Crippen molar-refractivity contribution < 1.29 is 37.7 Å². The van der Waals surface area contributed by atoms with Gasteiger partial charge in [-0.3, -0.25) is 18.4 Å². The third kappa shape index (κ3) is 6.28.